The van der Waals surface area contributed by atoms with Gasteiger partial charge in [-0.2, -0.15) is 0 Å². The van der Waals surface area contributed by atoms with Crippen LogP contribution in [-0.4, -0.2) is 98.7 Å². The van der Waals surface area contributed by atoms with Gasteiger partial charge in [-0.15, -0.1) is 0 Å². The van der Waals surface area contributed by atoms with Crippen LogP contribution < -0.4 is 24.8 Å². The standard InChI is InChI=1S/C31H38N4O8/c1-3-41-19-29(37)34-12-10-21(11-13-34)31(39)35-16-24-27(17-35)43-23-7-4-20(5-8-23)15-32-28(36)18-42-26-14-22(30(38)33-24)6-9-25(26)40-2/h4-9,14,21,24,27H,3,10-13,15-19H2,1-2H3,(H,32,36)(H,33,38)/t24-,27-/m0/s1. The van der Waals surface area contributed by atoms with Crippen LogP contribution in [0.25, 0.3) is 0 Å². The molecule has 0 spiro atoms. The fourth-order valence-electron chi connectivity index (χ4n) is 5.56. The molecule has 0 aliphatic carbocycles. The lowest BCUT2D eigenvalue weighted by molar-refractivity contribution is -0.142. The molecular weight excluding hydrogens is 556 g/mol. The monoisotopic (exact) mass is 594 g/mol. The first-order valence-electron chi connectivity index (χ1n) is 14.6. The van der Waals surface area contributed by atoms with Crippen molar-refractivity contribution in [3.63, 3.8) is 0 Å². The van der Waals surface area contributed by atoms with Crippen molar-refractivity contribution in [2.24, 2.45) is 5.92 Å². The lowest BCUT2D eigenvalue weighted by atomic mass is 9.95. The summed E-state index contributed by atoms with van der Waals surface area (Å²) in [6.45, 7) is 4.05. The van der Waals surface area contributed by atoms with Crippen LogP contribution in [0, 0.1) is 5.92 Å². The SMILES string of the molecule is CCOCC(=O)N1CCC(C(=O)N2C[C@@H]3NC(=O)c4ccc(OC)c(c4)OCC(=O)NCc4ccc(cc4)O[C@H]3C2)CC1. The fraction of sp³-hybridized carbons (Fsp3) is 0.484. The number of nitrogens with one attached hydrogen (secondary N) is 2. The number of rotatable bonds is 5. The van der Waals surface area contributed by atoms with Gasteiger partial charge in [-0.25, -0.2) is 0 Å². The summed E-state index contributed by atoms with van der Waals surface area (Å²) >= 11 is 0. The van der Waals surface area contributed by atoms with Gasteiger partial charge in [0, 0.05) is 44.3 Å². The van der Waals surface area contributed by atoms with E-state index in [0.717, 1.165) is 5.56 Å². The van der Waals surface area contributed by atoms with Crippen LogP contribution in [0.5, 0.6) is 17.2 Å². The Bertz CT molecular complexity index is 1330. The Morgan fingerprint density at radius 3 is 2.51 bits per heavy atom. The van der Waals surface area contributed by atoms with Crippen molar-refractivity contribution >= 4 is 23.6 Å². The molecule has 12 heteroatoms. The van der Waals surface area contributed by atoms with Gasteiger partial charge in [-0.05, 0) is 55.7 Å². The first-order valence-corrected chi connectivity index (χ1v) is 14.6. The maximum atomic E-state index is 13.6. The lowest BCUT2D eigenvalue weighted by Gasteiger charge is -2.33. The molecule has 12 nitrogen and oxygen atoms in total. The normalized spacial score (nSPS) is 21.2. The zero-order chi connectivity index (χ0) is 30.3. The molecular formula is C31H38N4O8. The molecule has 2 aromatic carbocycles. The molecule has 230 valence electrons. The minimum Gasteiger partial charge on any atom is -0.493 e. The van der Waals surface area contributed by atoms with Crippen molar-refractivity contribution in [1.29, 1.82) is 0 Å². The van der Waals surface area contributed by atoms with E-state index in [-0.39, 0.29) is 55.1 Å². The number of methoxy groups -OCH3 is 1. The molecule has 4 bridgehead atoms. The molecule has 0 unspecified atom stereocenters. The zero-order valence-corrected chi connectivity index (χ0v) is 24.5. The third-order valence-corrected chi connectivity index (χ3v) is 8.01. The number of benzene rings is 2. The number of ether oxygens (including phenoxy) is 4. The first kappa shape index (κ1) is 30.1. The molecule has 4 aliphatic heterocycles. The van der Waals surface area contributed by atoms with Gasteiger partial charge in [0.25, 0.3) is 11.8 Å². The smallest absolute Gasteiger partial charge is 0.258 e. The maximum Gasteiger partial charge on any atom is 0.258 e. The van der Waals surface area contributed by atoms with Gasteiger partial charge in [0.2, 0.25) is 11.8 Å². The summed E-state index contributed by atoms with van der Waals surface area (Å²) in [5.74, 6) is 0.283. The molecule has 2 aromatic rings. The Morgan fingerprint density at radius 1 is 1.02 bits per heavy atom. The molecule has 4 amide bonds. The third-order valence-electron chi connectivity index (χ3n) is 8.01. The van der Waals surface area contributed by atoms with Gasteiger partial charge in [-0.1, -0.05) is 12.1 Å². The van der Waals surface area contributed by atoms with Gasteiger partial charge in [-0.3, -0.25) is 19.2 Å². The number of carbonyl (C=O) groups is 4. The highest BCUT2D eigenvalue weighted by Crippen LogP contribution is 2.29. The van der Waals surface area contributed by atoms with E-state index in [0.29, 0.717) is 62.7 Å². The summed E-state index contributed by atoms with van der Waals surface area (Å²) in [5.41, 5.74) is 1.20. The van der Waals surface area contributed by atoms with Gasteiger partial charge in [0.05, 0.1) is 19.7 Å². The lowest BCUT2D eigenvalue weighted by Crippen LogP contribution is -2.46. The second-order valence-corrected chi connectivity index (χ2v) is 10.8. The van der Waals surface area contributed by atoms with Crippen LogP contribution in [0.2, 0.25) is 0 Å². The Morgan fingerprint density at radius 2 is 1.79 bits per heavy atom. The van der Waals surface area contributed by atoms with E-state index >= 15 is 0 Å². The van der Waals surface area contributed by atoms with E-state index in [4.69, 9.17) is 18.9 Å². The number of hydrogen-bond acceptors (Lipinski definition) is 8. The minimum absolute atomic E-state index is 0.00405. The van der Waals surface area contributed by atoms with Crippen molar-refractivity contribution in [3.05, 3.63) is 53.6 Å². The van der Waals surface area contributed by atoms with Crippen LogP contribution in [0.4, 0.5) is 0 Å². The highest BCUT2D eigenvalue weighted by Gasteiger charge is 2.41. The van der Waals surface area contributed by atoms with Crippen LogP contribution >= 0.6 is 0 Å². The molecule has 0 saturated carbocycles. The first-order chi connectivity index (χ1) is 20.8. The van der Waals surface area contributed by atoms with Crippen molar-refractivity contribution in [3.8, 4) is 17.2 Å². The second-order valence-electron chi connectivity index (χ2n) is 10.8. The summed E-state index contributed by atoms with van der Waals surface area (Å²) in [7, 11) is 1.48. The van der Waals surface area contributed by atoms with Crippen molar-refractivity contribution in [1.82, 2.24) is 20.4 Å². The van der Waals surface area contributed by atoms with Crippen molar-refractivity contribution in [2.45, 2.75) is 38.5 Å². The highest BCUT2D eigenvalue weighted by atomic mass is 16.5. The van der Waals surface area contributed by atoms with E-state index in [1.54, 1.807) is 21.9 Å². The van der Waals surface area contributed by atoms with Gasteiger partial charge in [0.1, 0.15) is 18.5 Å². The number of nitrogens with zero attached hydrogens (tertiary/aromatic N) is 2. The van der Waals surface area contributed by atoms with Gasteiger partial charge < -0.3 is 39.4 Å². The molecule has 0 radical (unpaired) electrons. The Hall–Kier alpha value is -4.32. The summed E-state index contributed by atoms with van der Waals surface area (Å²) in [6.07, 6.45) is 0.654. The van der Waals surface area contributed by atoms with E-state index < -0.39 is 12.1 Å². The molecule has 2 fully saturated rings. The topological polar surface area (TPSA) is 136 Å². The van der Waals surface area contributed by atoms with Crippen LogP contribution in [0.15, 0.2) is 42.5 Å². The van der Waals surface area contributed by atoms with E-state index in [1.165, 1.54) is 13.2 Å². The van der Waals surface area contributed by atoms with Gasteiger partial charge in [0.15, 0.2) is 18.1 Å². The van der Waals surface area contributed by atoms with Crippen LogP contribution in [0.3, 0.4) is 0 Å². The quantitative estimate of drug-likeness (QED) is 0.530. The zero-order valence-electron chi connectivity index (χ0n) is 24.5. The Kier molecular flexibility index (Phi) is 9.65. The molecule has 6 rings (SSSR count). The van der Waals surface area contributed by atoms with Crippen LogP contribution in [0.1, 0.15) is 35.7 Å². The van der Waals surface area contributed by atoms with E-state index in [2.05, 4.69) is 10.6 Å². The summed E-state index contributed by atoms with van der Waals surface area (Å²) in [5, 5.41) is 5.86. The number of piperidine rings is 1. The average Bonchev–Trinajstić information content (AvgIpc) is 3.42. The fourth-order valence-corrected chi connectivity index (χ4v) is 5.56. The van der Waals surface area contributed by atoms with Crippen molar-refractivity contribution < 1.29 is 38.1 Å². The third kappa shape index (κ3) is 7.37. The Labute approximate surface area is 250 Å². The minimum atomic E-state index is -0.490. The largest absolute Gasteiger partial charge is 0.493 e. The van der Waals surface area contributed by atoms with Crippen LogP contribution in [-0.2, 0) is 25.7 Å². The number of fused-ring (bicyclic) bond motifs is 7. The van der Waals surface area contributed by atoms with E-state index in [1.807, 2.05) is 31.2 Å². The summed E-state index contributed by atoms with van der Waals surface area (Å²) in [4.78, 5) is 55.2. The second kappa shape index (κ2) is 13.8. The predicted molar refractivity (Wildman–Crippen MR) is 155 cm³/mol. The number of hydrogen-bond donors (Lipinski definition) is 2. The summed E-state index contributed by atoms with van der Waals surface area (Å²) < 4.78 is 22.6. The average molecular weight is 595 g/mol. The predicted octanol–water partition coefficient (Wildman–Crippen LogP) is 1.37. The number of amides is 4. The molecule has 4 heterocycles. The number of carbonyl (C=O) groups excluding carboxylic acids is 4. The molecule has 2 N–H and O–H groups in total. The number of likely N-dealkylation sites (tertiary alicyclic amines) is 2. The molecule has 43 heavy (non-hydrogen) atoms. The molecule has 4 aliphatic rings. The Balaban J connectivity index is 1.32. The molecule has 0 aromatic heterocycles. The molecule has 2 atom stereocenters. The maximum absolute atomic E-state index is 13.6. The van der Waals surface area contributed by atoms with Gasteiger partial charge >= 0.3 is 0 Å². The van der Waals surface area contributed by atoms with Crippen molar-refractivity contribution in [2.75, 3.05) is 53.1 Å². The summed E-state index contributed by atoms with van der Waals surface area (Å²) in [6, 6.07) is 11.6. The van der Waals surface area contributed by atoms with E-state index in [9.17, 15) is 19.2 Å². The molecule has 2 saturated heterocycles. The highest BCUT2D eigenvalue weighted by molar-refractivity contribution is 5.95.